The van der Waals surface area contributed by atoms with E-state index in [1.807, 2.05) is 43.3 Å². The number of hydrogen-bond donors (Lipinski definition) is 2. The van der Waals surface area contributed by atoms with Gasteiger partial charge in [0.05, 0.1) is 0 Å². The van der Waals surface area contributed by atoms with E-state index in [0.717, 1.165) is 34.6 Å². The van der Waals surface area contributed by atoms with Crippen LogP contribution in [0.3, 0.4) is 0 Å². The Labute approximate surface area is 169 Å². The van der Waals surface area contributed by atoms with Crippen LogP contribution >= 0.6 is 11.6 Å². The van der Waals surface area contributed by atoms with Crippen molar-refractivity contribution in [2.45, 2.75) is 20.3 Å². The SMILES string of the molecule is CCc1ccc(Nc2cc(C)ncn2)cc1NC(=O)/C=C/c1ccc(Cl)cc1. The lowest BCUT2D eigenvalue weighted by atomic mass is 10.1. The fourth-order valence-corrected chi connectivity index (χ4v) is 2.80. The van der Waals surface area contributed by atoms with E-state index in [2.05, 4.69) is 27.5 Å². The van der Waals surface area contributed by atoms with Gasteiger partial charge in [0.25, 0.3) is 0 Å². The second kappa shape index (κ2) is 9.15. The number of halogens is 1. The maximum Gasteiger partial charge on any atom is 0.248 e. The molecule has 0 radical (unpaired) electrons. The van der Waals surface area contributed by atoms with Crippen molar-refractivity contribution in [3.8, 4) is 0 Å². The molecule has 2 aromatic carbocycles. The molecular weight excluding hydrogens is 372 g/mol. The van der Waals surface area contributed by atoms with E-state index >= 15 is 0 Å². The van der Waals surface area contributed by atoms with Crippen LogP contribution in [0.2, 0.25) is 5.02 Å². The summed E-state index contributed by atoms with van der Waals surface area (Å²) in [5, 5.41) is 6.86. The highest BCUT2D eigenvalue weighted by molar-refractivity contribution is 6.30. The molecule has 5 nitrogen and oxygen atoms in total. The van der Waals surface area contributed by atoms with Crippen LogP contribution in [0, 0.1) is 6.92 Å². The largest absolute Gasteiger partial charge is 0.340 e. The molecule has 0 spiro atoms. The fraction of sp³-hybridized carbons (Fsp3) is 0.136. The van der Waals surface area contributed by atoms with Crippen LogP contribution < -0.4 is 10.6 Å². The molecule has 3 rings (SSSR count). The van der Waals surface area contributed by atoms with Gasteiger partial charge in [0.1, 0.15) is 12.1 Å². The van der Waals surface area contributed by atoms with Gasteiger partial charge in [-0.1, -0.05) is 36.7 Å². The first kappa shape index (κ1) is 19.6. The molecule has 0 saturated heterocycles. The molecule has 0 unspecified atom stereocenters. The molecule has 3 aromatic rings. The zero-order chi connectivity index (χ0) is 19.9. The van der Waals surface area contributed by atoms with E-state index in [1.165, 1.54) is 12.4 Å². The summed E-state index contributed by atoms with van der Waals surface area (Å²) in [5.74, 6) is 0.510. The number of aryl methyl sites for hydroxylation is 2. The first-order valence-corrected chi connectivity index (χ1v) is 9.34. The number of nitrogens with one attached hydrogen (secondary N) is 2. The smallest absolute Gasteiger partial charge is 0.248 e. The summed E-state index contributed by atoms with van der Waals surface area (Å²) >= 11 is 5.88. The molecule has 28 heavy (non-hydrogen) atoms. The van der Waals surface area contributed by atoms with Crippen molar-refractivity contribution in [1.82, 2.24) is 9.97 Å². The Balaban J connectivity index is 1.74. The molecule has 0 aliphatic rings. The van der Waals surface area contributed by atoms with Crippen molar-refractivity contribution in [1.29, 1.82) is 0 Å². The Hall–Kier alpha value is -3.18. The molecule has 142 valence electrons. The third-order valence-corrected chi connectivity index (χ3v) is 4.37. The maximum absolute atomic E-state index is 12.4. The molecular formula is C22H21ClN4O. The molecule has 6 heteroatoms. The number of rotatable bonds is 6. The zero-order valence-corrected chi connectivity index (χ0v) is 16.5. The predicted octanol–water partition coefficient (Wildman–Crippen LogP) is 5.40. The van der Waals surface area contributed by atoms with Gasteiger partial charge in [-0.2, -0.15) is 0 Å². The summed E-state index contributed by atoms with van der Waals surface area (Å²) in [7, 11) is 0. The molecule has 1 aromatic heterocycles. The lowest BCUT2D eigenvalue weighted by Crippen LogP contribution is -2.10. The second-order valence-corrected chi connectivity index (χ2v) is 6.71. The summed E-state index contributed by atoms with van der Waals surface area (Å²) in [6, 6.07) is 15.0. The molecule has 0 aliphatic heterocycles. The number of carbonyl (C=O) groups excluding carboxylic acids is 1. The van der Waals surface area contributed by atoms with Crippen molar-refractivity contribution >= 4 is 40.8 Å². The van der Waals surface area contributed by atoms with Crippen LogP contribution in [-0.2, 0) is 11.2 Å². The van der Waals surface area contributed by atoms with Crippen molar-refractivity contribution < 1.29 is 4.79 Å². The standard InChI is InChI=1S/C22H21ClN4O/c1-3-17-7-10-19(26-21-12-15(2)24-14-25-21)13-20(17)27-22(28)11-6-16-4-8-18(23)9-5-16/h4-14H,3H2,1-2H3,(H,27,28)(H,24,25,26)/b11-6+. The second-order valence-electron chi connectivity index (χ2n) is 6.27. The summed E-state index contributed by atoms with van der Waals surface area (Å²) in [6.07, 6.45) is 5.59. The zero-order valence-electron chi connectivity index (χ0n) is 15.7. The fourth-order valence-electron chi connectivity index (χ4n) is 2.67. The number of amides is 1. The van der Waals surface area contributed by atoms with Crippen molar-refractivity contribution in [2.24, 2.45) is 0 Å². The van der Waals surface area contributed by atoms with Crippen LogP contribution in [-0.4, -0.2) is 15.9 Å². The van der Waals surface area contributed by atoms with Gasteiger partial charge in [0.15, 0.2) is 0 Å². The molecule has 0 saturated carbocycles. The first-order chi connectivity index (χ1) is 13.5. The minimum Gasteiger partial charge on any atom is -0.340 e. The van der Waals surface area contributed by atoms with E-state index in [9.17, 15) is 4.79 Å². The third-order valence-electron chi connectivity index (χ3n) is 4.12. The van der Waals surface area contributed by atoms with Crippen molar-refractivity contribution in [3.63, 3.8) is 0 Å². The van der Waals surface area contributed by atoms with Gasteiger partial charge in [-0.05, 0) is 54.8 Å². The molecule has 0 atom stereocenters. The van der Waals surface area contributed by atoms with E-state index in [1.54, 1.807) is 18.2 Å². The minimum absolute atomic E-state index is 0.195. The number of benzene rings is 2. The topological polar surface area (TPSA) is 66.9 Å². The summed E-state index contributed by atoms with van der Waals surface area (Å²) in [5.41, 5.74) is 4.45. The molecule has 0 bridgehead atoms. The van der Waals surface area contributed by atoms with Gasteiger partial charge in [0.2, 0.25) is 5.91 Å². The van der Waals surface area contributed by atoms with E-state index in [4.69, 9.17) is 11.6 Å². The molecule has 1 amide bonds. The summed E-state index contributed by atoms with van der Waals surface area (Å²) in [6.45, 7) is 3.96. The van der Waals surface area contributed by atoms with E-state index in [0.29, 0.717) is 10.8 Å². The minimum atomic E-state index is -0.195. The van der Waals surface area contributed by atoms with Crippen LogP contribution in [0.4, 0.5) is 17.2 Å². The summed E-state index contributed by atoms with van der Waals surface area (Å²) < 4.78 is 0. The van der Waals surface area contributed by atoms with Crippen molar-refractivity contribution in [3.05, 3.63) is 82.8 Å². The van der Waals surface area contributed by atoms with E-state index in [-0.39, 0.29) is 5.91 Å². The predicted molar refractivity (Wildman–Crippen MR) is 115 cm³/mol. The van der Waals surface area contributed by atoms with Crippen LogP contribution in [0.25, 0.3) is 6.08 Å². The van der Waals surface area contributed by atoms with Crippen LogP contribution in [0.5, 0.6) is 0 Å². The highest BCUT2D eigenvalue weighted by atomic mass is 35.5. The van der Waals surface area contributed by atoms with Crippen LogP contribution in [0.15, 0.2) is 60.9 Å². The number of hydrogen-bond acceptors (Lipinski definition) is 4. The van der Waals surface area contributed by atoms with Crippen LogP contribution in [0.1, 0.15) is 23.7 Å². The number of nitrogens with zero attached hydrogens (tertiary/aromatic N) is 2. The average Bonchev–Trinajstić information content (AvgIpc) is 2.68. The molecule has 0 aliphatic carbocycles. The molecule has 2 N–H and O–H groups in total. The normalized spacial score (nSPS) is 10.8. The Morgan fingerprint density at radius 2 is 1.89 bits per heavy atom. The average molecular weight is 393 g/mol. The van der Waals surface area contributed by atoms with Crippen molar-refractivity contribution in [2.75, 3.05) is 10.6 Å². The number of aromatic nitrogens is 2. The number of carbonyl (C=O) groups is 1. The Morgan fingerprint density at radius 1 is 1.11 bits per heavy atom. The Bertz CT molecular complexity index is 1000. The van der Waals surface area contributed by atoms with Gasteiger partial charge in [-0.15, -0.1) is 0 Å². The Morgan fingerprint density at radius 3 is 2.61 bits per heavy atom. The molecule has 0 fully saturated rings. The third kappa shape index (κ3) is 5.41. The van der Waals surface area contributed by atoms with Gasteiger partial charge in [0, 0.05) is 34.2 Å². The van der Waals surface area contributed by atoms with Gasteiger partial charge < -0.3 is 10.6 Å². The van der Waals surface area contributed by atoms with E-state index < -0.39 is 0 Å². The summed E-state index contributed by atoms with van der Waals surface area (Å²) in [4.78, 5) is 20.7. The van der Waals surface area contributed by atoms with Gasteiger partial charge >= 0.3 is 0 Å². The van der Waals surface area contributed by atoms with Gasteiger partial charge in [-0.3, -0.25) is 4.79 Å². The molecule has 1 heterocycles. The first-order valence-electron chi connectivity index (χ1n) is 8.96. The monoisotopic (exact) mass is 392 g/mol. The quantitative estimate of drug-likeness (QED) is 0.551. The van der Waals surface area contributed by atoms with Gasteiger partial charge in [-0.25, -0.2) is 9.97 Å². The highest BCUT2D eigenvalue weighted by Gasteiger charge is 2.06. The Kier molecular flexibility index (Phi) is 6.40. The lowest BCUT2D eigenvalue weighted by molar-refractivity contribution is -0.111. The maximum atomic E-state index is 12.4. The number of anilines is 3. The lowest BCUT2D eigenvalue weighted by Gasteiger charge is -2.12. The highest BCUT2D eigenvalue weighted by Crippen LogP contribution is 2.24.